The first-order chi connectivity index (χ1) is 10.1. The number of carbonyl (C=O) groups excluding carboxylic acids is 1. The Morgan fingerprint density at radius 2 is 1.86 bits per heavy atom. The molecule has 2 aromatic rings. The van der Waals surface area contributed by atoms with Crippen LogP contribution in [0.15, 0.2) is 36.4 Å². The van der Waals surface area contributed by atoms with E-state index in [0.29, 0.717) is 22.1 Å². The Bertz CT molecular complexity index is 656. The molecule has 2 aromatic carbocycles. The topological polar surface area (TPSA) is 35.5 Å². The van der Waals surface area contributed by atoms with E-state index in [4.69, 9.17) is 21.1 Å². The van der Waals surface area contributed by atoms with Crippen molar-refractivity contribution in [3.05, 3.63) is 52.5 Å². The van der Waals surface area contributed by atoms with Crippen LogP contribution in [-0.4, -0.2) is 38.6 Å². The molecule has 2 rings (SSSR count). The molecule has 0 saturated carbocycles. The molecule has 0 fully saturated rings. The van der Waals surface area contributed by atoms with Gasteiger partial charge in [-0.25, -0.2) is 0 Å². The summed E-state index contributed by atoms with van der Waals surface area (Å²) in [5.74, 6) is 1.34. The third kappa shape index (κ3) is 4.28. The van der Waals surface area contributed by atoms with Crippen LogP contribution >= 0.6 is 20.2 Å². The summed E-state index contributed by atoms with van der Waals surface area (Å²) in [7, 11) is 3.12. The summed E-state index contributed by atoms with van der Waals surface area (Å²) in [6.07, 6.45) is 0. The number of hydrogen-bond acceptors (Lipinski definition) is 3. The van der Waals surface area contributed by atoms with Crippen LogP contribution < -0.4 is 14.8 Å². The molecular weight excluding hydrogens is 314 g/mol. The standard InChI is InChI=1S/C16H16ClO3P.Li.H/c1-10-5-4-6-12(17)15(10)16(18)21-14-8-7-11(19-2)9-13(14)20-3;;/h4-9,21H,1-3H3;;. The molecule has 0 spiro atoms. The number of halogens is 1. The van der Waals surface area contributed by atoms with Crippen molar-refractivity contribution >= 4 is 49.9 Å². The number of methoxy groups -OCH3 is 2. The SMILES string of the molecule is COc1ccc(PC(=O)c2c(C)cccc2Cl)c(OC)c1.[LiH]. The second-order valence-corrected chi connectivity index (χ2v) is 6.10. The van der Waals surface area contributed by atoms with Crippen LogP contribution in [0, 0.1) is 6.92 Å². The van der Waals surface area contributed by atoms with Crippen molar-refractivity contribution in [2.45, 2.75) is 6.92 Å². The molecule has 0 aliphatic rings. The van der Waals surface area contributed by atoms with Gasteiger partial charge in [-0.05, 0) is 39.3 Å². The first-order valence-corrected chi connectivity index (χ1v) is 7.73. The van der Waals surface area contributed by atoms with Gasteiger partial charge in [-0.1, -0.05) is 23.7 Å². The first-order valence-electron chi connectivity index (χ1n) is 6.35. The van der Waals surface area contributed by atoms with Crippen LogP contribution in [0.4, 0.5) is 0 Å². The van der Waals surface area contributed by atoms with Crippen molar-refractivity contribution in [1.82, 2.24) is 0 Å². The second-order valence-electron chi connectivity index (χ2n) is 4.45. The van der Waals surface area contributed by atoms with Crippen molar-refractivity contribution in [2.75, 3.05) is 14.2 Å². The molecule has 0 N–H and O–H groups in total. The number of rotatable bonds is 5. The van der Waals surface area contributed by atoms with Crippen LogP contribution in [-0.2, 0) is 0 Å². The number of hydrogen-bond donors (Lipinski definition) is 0. The van der Waals surface area contributed by atoms with Gasteiger partial charge in [0.2, 0.25) is 0 Å². The van der Waals surface area contributed by atoms with E-state index >= 15 is 0 Å². The minimum atomic E-state index is -0.0520. The number of aryl methyl sites for hydroxylation is 1. The van der Waals surface area contributed by atoms with E-state index in [0.717, 1.165) is 10.9 Å². The number of ether oxygens (including phenoxy) is 2. The van der Waals surface area contributed by atoms with E-state index in [1.807, 2.05) is 31.2 Å². The zero-order valence-corrected chi connectivity index (χ0v) is 13.8. The Balaban J connectivity index is 0.00000242. The van der Waals surface area contributed by atoms with Crippen LogP contribution in [0.3, 0.4) is 0 Å². The van der Waals surface area contributed by atoms with Gasteiger partial charge in [-0.15, -0.1) is 0 Å². The maximum absolute atomic E-state index is 12.5. The van der Waals surface area contributed by atoms with Gasteiger partial charge in [0.15, 0.2) is 5.52 Å². The molecule has 0 aliphatic heterocycles. The van der Waals surface area contributed by atoms with Crippen LogP contribution in [0.2, 0.25) is 5.02 Å². The molecule has 0 aliphatic carbocycles. The monoisotopic (exact) mass is 330 g/mol. The van der Waals surface area contributed by atoms with Gasteiger partial charge in [-0.3, -0.25) is 4.79 Å². The maximum atomic E-state index is 12.5. The van der Waals surface area contributed by atoms with Crippen molar-refractivity contribution in [3.8, 4) is 11.5 Å². The van der Waals surface area contributed by atoms with Gasteiger partial charge in [0, 0.05) is 16.9 Å². The molecule has 0 amide bonds. The van der Waals surface area contributed by atoms with E-state index < -0.39 is 0 Å². The van der Waals surface area contributed by atoms with Crippen LogP contribution in [0.1, 0.15) is 15.9 Å². The van der Waals surface area contributed by atoms with E-state index in [1.54, 1.807) is 26.4 Å². The van der Waals surface area contributed by atoms with Crippen molar-refractivity contribution < 1.29 is 14.3 Å². The average molecular weight is 331 g/mol. The predicted octanol–water partition coefficient (Wildman–Crippen LogP) is 3.16. The van der Waals surface area contributed by atoms with Gasteiger partial charge in [0.1, 0.15) is 11.5 Å². The summed E-state index contributed by atoms with van der Waals surface area (Å²) in [5, 5.41) is 1.32. The quantitative estimate of drug-likeness (QED) is 0.624. The summed E-state index contributed by atoms with van der Waals surface area (Å²) in [6.45, 7) is 1.88. The minimum absolute atomic E-state index is 0. The summed E-state index contributed by atoms with van der Waals surface area (Å²) in [6, 6.07) is 10.9. The summed E-state index contributed by atoms with van der Waals surface area (Å²) >= 11 is 6.14. The summed E-state index contributed by atoms with van der Waals surface area (Å²) < 4.78 is 10.5. The van der Waals surface area contributed by atoms with E-state index in [1.165, 1.54) is 0 Å². The van der Waals surface area contributed by atoms with Crippen LogP contribution in [0.5, 0.6) is 11.5 Å². The van der Waals surface area contributed by atoms with Crippen molar-refractivity contribution in [3.63, 3.8) is 0 Å². The Labute approximate surface area is 149 Å². The third-order valence-electron chi connectivity index (χ3n) is 3.11. The number of carbonyl (C=O) groups is 1. The molecule has 3 nitrogen and oxygen atoms in total. The molecule has 112 valence electrons. The predicted molar refractivity (Wildman–Crippen MR) is 95.2 cm³/mol. The molecule has 1 atom stereocenters. The fourth-order valence-corrected chi connectivity index (χ4v) is 3.56. The molecule has 0 radical (unpaired) electrons. The van der Waals surface area contributed by atoms with E-state index in [9.17, 15) is 4.79 Å². The van der Waals surface area contributed by atoms with E-state index in [-0.39, 0.29) is 33.0 Å². The van der Waals surface area contributed by atoms with Gasteiger partial charge in [-0.2, -0.15) is 0 Å². The molecule has 0 saturated heterocycles. The first kappa shape index (κ1) is 19.1. The average Bonchev–Trinajstić information content (AvgIpc) is 2.47. The molecular formula is C16H17ClLiO3P. The molecule has 0 bridgehead atoms. The Morgan fingerprint density at radius 3 is 2.45 bits per heavy atom. The molecule has 6 heteroatoms. The molecule has 0 heterocycles. The summed E-state index contributed by atoms with van der Waals surface area (Å²) in [4.78, 5) is 12.5. The van der Waals surface area contributed by atoms with Gasteiger partial charge in [0.05, 0.1) is 19.2 Å². The van der Waals surface area contributed by atoms with Crippen molar-refractivity contribution in [2.24, 2.45) is 0 Å². The van der Waals surface area contributed by atoms with Gasteiger partial charge in [0.25, 0.3) is 0 Å². The second kappa shape index (κ2) is 8.61. The number of benzene rings is 2. The van der Waals surface area contributed by atoms with E-state index in [2.05, 4.69) is 0 Å². The Morgan fingerprint density at radius 1 is 1.14 bits per heavy atom. The fourth-order valence-electron chi connectivity index (χ4n) is 2.01. The fraction of sp³-hybridized carbons (Fsp3) is 0.188. The molecule has 0 aromatic heterocycles. The molecule has 1 unspecified atom stereocenters. The Kier molecular flexibility index (Phi) is 7.46. The van der Waals surface area contributed by atoms with Crippen molar-refractivity contribution in [1.29, 1.82) is 0 Å². The normalized spacial score (nSPS) is 10.4. The van der Waals surface area contributed by atoms with Gasteiger partial charge >= 0.3 is 18.9 Å². The zero-order chi connectivity index (χ0) is 15.4. The Hall–Kier alpha value is -0.973. The van der Waals surface area contributed by atoms with Gasteiger partial charge < -0.3 is 9.47 Å². The molecule has 22 heavy (non-hydrogen) atoms. The summed E-state index contributed by atoms with van der Waals surface area (Å²) in [5.41, 5.74) is 1.46. The third-order valence-corrected chi connectivity index (χ3v) is 4.58. The zero-order valence-electron chi connectivity index (χ0n) is 12.1. The van der Waals surface area contributed by atoms with Crippen LogP contribution in [0.25, 0.3) is 0 Å².